The van der Waals surface area contributed by atoms with E-state index in [1.54, 1.807) is 7.11 Å². The van der Waals surface area contributed by atoms with Crippen molar-refractivity contribution in [1.29, 1.82) is 5.26 Å². The normalized spacial score (nSPS) is 13.2. The first kappa shape index (κ1) is 15.2. The molecule has 0 atom stereocenters. The van der Waals surface area contributed by atoms with Gasteiger partial charge in [-0.15, -0.1) is 15.0 Å². The van der Waals surface area contributed by atoms with Crippen LogP contribution in [-0.4, -0.2) is 28.6 Å². The zero-order chi connectivity index (χ0) is 17.2. The topological polar surface area (TPSA) is 67.0 Å². The zero-order valence-corrected chi connectivity index (χ0v) is 13.9. The number of anilines is 1. The summed E-state index contributed by atoms with van der Waals surface area (Å²) in [6, 6.07) is 18.1. The average Bonchev–Trinajstić information content (AvgIpc) is 3.12. The minimum Gasteiger partial charge on any atom is -0.494 e. The van der Waals surface area contributed by atoms with E-state index in [1.807, 2.05) is 30.3 Å². The number of methoxy groups -OCH3 is 1. The molecule has 0 spiro atoms. The summed E-state index contributed by atoms with van der Waals surface area (Å²) in [6.07, 6.45) is 0.933. The fourth-order valence-corrected chi connectivity index (χ4v) is 3.16. The van der Waals surface area contributed by atoms with E-state index in [0.29, 0.717) is 22.9 Å². The molecule has 1 aliphatic heterocycles. The Morgan fingerprint density at radius 2 is 1.80 bits per heavy atom. The lowest BCUT2D eigenvalue weighted by Crippen LogP contribution is -2.31. The molecule has 0 saturated carbocycles. The van der Waals surface area contributed by atoms with Gasteiger partial charge in [0.2, 0.25) is 5.69 Å². The number of rotatable bonds is 3. The fourth-order valence-electron chi connectivity index (χ4n) is 3.16. The number of hydrogen-bond acceptors (Lipinski definition) is 5. The van der Waals surface area contributed by atoms with Crippen LogP contribution in [0.3, 0.4) is 0 Å². The van der Waals surface area contributed by atoms with E-state index in [1.165, 1.54) is 15.9 Å². The lowest BCUT2D eigenvalue weighted by atomic mass is 10.00. The first-order valence-corrected chi connectivity index (χ1v) is 8.12. The molecule has 2 aromatic carbocycles. The highest BCUT2D eigenvalue weighted by Crippen LogP contribution is 2.27. The zero-order valence-electron chi connectivity index (χ0n) is 13.9. The van der Waals surface area contributed by atoms with Crippen LogP contribution in [0.2, 0.25) is 0 Å². The molecule has 25 heavy (non-hydrogen) atoms. The Kier molecular flexibility index (Phi) is 3.82. The number of nitriles is 1. The minimum absolute atomic E-state index is 0.324. The van der Waals surface area contributed by atoms with E-state index in [4.69, 9.17) is 4.74 Å². The van der Waals surface area contributed by atoms with Gasteiger partial charge in [-0.2, -0.15) is 5.26 Å². The maximum atomic E-state index is 9.51. The Morgan fingerprint density at radius 3 is 2.60 bits per heavy atom. The van der Waals surface area contributed by atoms with Crippen LogP contribution in [0.1, 0.15) is 16.8 Å². The molecule has 3 aromatic rings. The Hall–Kier alpha value is -3.33. The highest BCUT2D eigenvalue weighted by atomic mass is 16.5. The van der Waals surface area contributed by atoms with Crippen LogP contribution >= 0.6 is 0 Å². The molecule has 6 nitrogen and oxygen atoms in total. The number of fused-ring (bicyclic) bond motifs is 1. The summed E-state index contributed by atoms with van der Waals surface area (Å²) in [5.74, 6) is 1.28. The van der Waals surface area contributed by atoms with Gasteiger partial charge in [0.05, 0.1) is 7.11 Å². The molecule has 1 aliphatic rings. The highest BCUT2D eigenvalue weighted by Gasteiger charge is 2.23. The monoisotopic (exact) mass is 331 g/mol. The van der Waals surface area contributed by atoms with Crippen molar-refractivity contribution < 1.29 is 4.74 Å². The second-order valence-electron chi connectivity index (χ2n) is 5.89. The van der Waals surface area contributed by atoms with Gasteiger partial charge in [-0.05, 0) is 29.7 Å². The van der Waals surface area contributed by atoms with E-state index in [9.17, 15) is 5.26 Å². The third kappa shape index (κ3) is 2.70. The van der Waals surface area contributed by atoms with Crippen molar-refractivity contribution >= 4 is 5.82 Å². The molecule has 6 heteroatoms. The molecular weight excluding hydrogens is 314 g/mol. The maximum Gasteiger partial charge on any atom is 0.207 e. The third-order valence-corrected chi connectivity index (χ3v) is 4.43. The van der Waals surface area contributed by atoms with E-state index < -0.39 is 0 Å². The molecule has 0 aliphatic carbocycles. The van der Waals surface area contributed by atoms with Gasteiger partial charge in [-0.25, -0.2) is 0 Å². The molecule has 1 aromatic heterocycles. The highest BCUT2D eigenvalue weighted by molar-refractivity contribution is 5.54. The first-order chi connectivity index (χ1) is 12.3. The first-order valence-electron chi connectivity index (χ1n) is 8.12. The second-order valence-corrected chi connectivity index (χ2v) is 5.89. The van der Waals surface area contributed by atoms with Gasteiger partial charge in [-0.1, -0.05) is 36.4 Å². The second kappa shape index (κ2) is 6.29. The quantitative estimate of drug-likeness (QED) is 0.738. The minimum atomic E-state index is 0.324. The van der Waals surface area contributed by atoms with E-state index >= 15 is 0 Å². The van der Waals surface area contributed by atoms with Gasteiger partial charge in [0.1, 0.15) is 17.5 Å². The SMILES string of the molecule is COc1ccccc1-n1nc(C#N)c(N2CCc3ccccc3C2)n1. The summed E-state index contributed by atoms with van der Waals surface area (Å²) in [4.78, 5) is 3.59. The molecule has 0 amide bonds. The van der Waals surface area contributed by atoms with Crippen molar-refractivity contribution in [2.75, 3.05) is 18.6 Å². The molecule has 4 rings (SSSR count). The molecule has 0 fully saturated rings. The molecule has 0 unspecified atom stereocenters. The van der Waals surface area contributed by atoms with Crippen LogP contribution in [0.15, 0.2) is 48.5 Å². The Morgan fingerprint density at radius 1 is 1.04 bits per heavy atom. The predicted molar refractivity (Wildman–Crippen MR) is 93.8 cm³/mol. The van der Waals surface area contributed by atoms with Crippen molar-refractivity contribution in [3.8, 4) is 17.5 Å². The number of ether oxygens (including phenoxy) is 1. The van der Waals surface area contributed by atoms with Crippen molar-refractivity contribution in [2.45, 2.75) is 13.0 Å². The standard InChI is InChI=1S/C19H17N5O/c1-25-18-9-5-4-8-17(18)24-21-16(12-20)19(22-24)23-11-10-14-6-2-3-7-15(14)13-23/h2-9H,10-11,13H2,1H3. The van der Waals surface area contributed by atoms with Crippen molar-refractivity contribution in [3.05, 3.63) is 65.4 Å². The Bertz CT molecular complexity index is 956. The van der Waals surface area contributed by atoms with E-state index in [-0.39, 0.29) is 0 Å². The molecule has 0 saturated heterocycles. The lowest BCUT2D eigenvalue weighted by Gasteiger charge is -2.28. The predicted octanol–water partition coefficient (Wildman–Crippen LogP) is 2.71. The summed E-state index contributed by atoms with van der Waals surface area (Å²) in [6.45, 7) is 1.55. The third-order valence-electron chi connectivity index (χ3n) is 4.43. The van der Waals surface area contributed by atoms with Crippen LogP contribution in [-0.2, 0) is 13.0 Å². The number of nitrogens with zero attached hydrogens (tertiary/aromatic N) is 5. The maximum absolute atomic E-state index is 9.51. The number of benzene rings is 2. The van der Waals surface area contributed by atoms with Crippen LogP contribution in [0.4, 0.5) is 5.82 Å². The van der Waals surface area contributed by atoms with Gasteiger partial charge >= 0.3 is 0 Å². The van der Waals surface area contributed by atoms with Crippen LogP contribution in [0, 0.1) is 11.3 Å². The number of para-hydroxylation sites is 2. The van der Waals surface area contributed by atoms with Crippen molar-refractivity contribution in [1.82, 2.24) is 15.0 Å². The average molecular weight is 331 g/mol. The van der Waals surface area contributed by atoms with Gasteiger partial charge in [-0.3, -0.25) is 0 Å². The summed E-state index contributed by atoms with van der Waals surface area (Å²) in [7, 11) is 1.61. The molecule has 0 radical (unpaired) electrons. The van der Waals surface area contributed by atoms with E-state index in [2.05, 4.69) is 39.4 Å². The van der Waals surface area contributed by atoms with Gasteiger partial charge in [0, 0.05) is 13.1 Å². The Balaban J connectivity index is 1.72. The van der Waals surface area contributed by atoms with Crippen LogP contribution in [0.25, 0.3) is 5.69 Å². The Labute approximate surface area is 145 Å². The smallest absolute Gasteiger partial charge is 0.207 e. The van der Waals surface area contributed by atoms with Crippen LogP contribution in [0.5, 0.6) is 5.75 Å². The van der Waals surface area contributed by atoms with Crippen molar-refractivity contribution in [3.63, 3.8) is 0 Å². The summed E-state index contributed by atoms with van der Waals surface area (Å²) >= 11 is 0. The van der Waals surface area contributed by atoms with Crippen molar-refractivity contribution in [2.24, 2.45) is 0 Å². The fraction of sp³-hybridized carbons (Fsp3) is 0.211. The van der Waals surface area contributed by atoms with E-state index in [0.717, 1.165) is 19.5 Å². The summed E-state index contributed by atoms with van der Waals surface area (Å²) < 4.78 is 5.38. The van der Waals surface area contributed by atoms with Gasteiger partial charge in [0.25, 0.3) is 0 Å². The summed E-state index contributed by atoms with van der Waals surface area (Å²) in [5.41, 5.74) is 3.66. The van der Waals surface area contributed by atoms with Gasteiger partial charge in [0.15, 0.2) is 5.82 Å². The molecule has 0 bridgehead atoms. The number of aromatic nitrogens is 3. The van der Waals surface area contributed by atoms with Gasteiger partial charge < -0.3 is 9.64 Å². The number of hydrogen-bond donors (Lipinski definition) is 0. The summed E-state index contributed by atoms with van der Waals surface area (Å²) in [5, 5.41) is 18.5. The van der Waals surface area contributed by atoms with Crippen LogP contribution < -0.4 is 9.64 Å². The molecule has 124 valence electrons. The molecule has 0 N–H and O–H groups in total. The lowest BCUT2D eigenvalue weighted by molar-refractivity contribution is 0.410. The molecule has 2 heterocycles. The molecular formula is C19H17N5O. The largest absolute Gasteiger partial charge is 0.494 e.